The third-order valence-corrected chi connectivity index (χ3v) is 22.7. The number of anilines is 6. The van der Waals surface area contributed by atoms with Crippen molar-refractivity contribution in [2.45, 2.75) is 57.8 Å². The van der Waals surface area contributed by atoms with Crippen LogP contribution < -0.4 is 9.80 Å². The van der Waals surface area contributed by atoms with Crippen molar-refractivity contribution < 1.29 is 8.78 Å². The predicted octanol–water partition coefficient (Wildman–Crippen LogP) is 25.1. The van der Waals surface area contributed by atoms with Gasteiger partial charge >= 0.3 is 0 Å². The molecule has 2 atom stereocenters. The summed E-state index contributed by atoms with van der Waals surface area (Å²) in [6.45, 7) is 20.8. The van der Waals surface area contributed by atoms with Crippen molar-refractivity contribution in [3.05, 3.63) is 427 Å². The van der Waals surface area contributed by atoms with E-state index < -0.39 is 16.2 Å². The molecule has 14 aromatic carbocycles. The van der Waals surface area contributed by atoms with E-state index in [1.54, 1.807) is 12.1 Å². The van der Waals surface area contributed by atoms with E-state index in [2.05, 4.69) is 318 Å². The number of halogens is 2. The van der Waals surface area contributed by atoms with Gasteiger partial charge in [0.1, 0.15) is 11.6 Å². The van der Waals surface area contributed by atoms with Gasteiger partial charge in [0.05, 0.1) is 16.2 Å². The molecule has 0 aromatic heterocycles. The molecule has 484 valence electrons. The van der Waals surface area contributed by atoms with Gasteiger partial charge < -0.3 is 9.80 Å². The van der Waals surface area contributed by atoms with Crippen molar-refractivity contribution >= 4 is 46.3 Å². The van der Waals surface area contributed by atoms with Crippen LogP contribution in [0.5, 0.6) is 0 Å². The number of nitrogens with zero attached hydrogens (tertiary/aromatic N) is 2. The van der Waals surface area contributed by atoms with Crippen LogP contribution in [-0.4, -0.2) is 0 Å². The Hall–Kier alpha value is -12.0. The van der Waals surface area contributed by atoms with Gasteiger partial charge in [0.25, 0.3) is 0 Å². The van der Waals surface area contributed by atoms with Crippen LogP contribution in [0.1, 0.15) is 111 Å². The van der Waals surface area contributed by atoms with Gasteiger partial charge in [0, 0.05) is 34.1 Å². The van der Waals surface area contributed by atoms with Crippen LogP contribution >= 0.6 is 0 Å². The van der Waals surface area contributed by atoms with Crippen LogP contribution in [0.15, 0.2) is 304 Å². The Balaban J connectivity index is 0.870. The maximum absolute atomic E-state index is 16.8. The molecular weight excluding hydrogens is 1230 g/mol. The molecule has 0 saturated carbocycles. The summed E-state index contributed by atoms with van der Waals surface area (Å²) in [4.78, 5) is 4.53. The van der Waals surface area contributed by atoms with Crippen molar-refractivity contribution in [3.8, 4) is 44.5 Å². The van der Waals surface area contributed by atoms with Gasteiger partial charge in [-0.2, -0.15) is 0 Å². The minimum atomic E-state index is -0.859. The summed E-state index contributed by atoms with van der Waals surface area (Å²) in [7, 11) is 0. The second-order valence-corrected chi connectivity index (χ2v) is 28.2. The van der Waals surface area contributed by atoms with Crippen molar-refractivity contribution in [1.29, 1.82) is 0 Å². The smallest absolute Gasteiger partial charge is 0.128 e. The molecule has 0 fully saturated rings. The Labute approximate surface area is 590 Å². The van der Waals surface area contributed by atoms with E-state index in [-0.39, 0.29) is 11.6 Å². The molecule has 0 saturated heterocycles. The quantitative estimate of drug-likeness (QED) is 0.120. The topological polar surface area (TPSA) is 6.48 Å². The fourth-order valence-corrected chi connectivity index (χ4v) is 18.1. The normalized spacial score (nSPS) is 16.7. The van der Waals surface area contributed by atoms with Crippen molar-refractivity contribution in [3.63, 3.8) is 0 Å². The third kappa shape index (κ3) is 8.80. The molecule has 1 spiro atoms. The predicted molar refractivity (Wildman–Crippen MR) is 415 cm³/mol. The van der Waals surface area contributed by atoms with E-state index in [0.29, 0.717) is 22.5 Å². The van der Waals surface area contributed by atoms with Crippen LogP contribution in [0, 0.1) is 53.2 Å². The van der Waals surface area contributed by atoms with E-state index in [1.807, 2.05) is 38.1 Å². The van der Waals surface area contributed by atoms with Crippen LogP contribution in [0.4, 0.5) is 42.9 Å². The molecule has 0 aliphatic heterocycles. The monoisotopic (exact) mass is 1300 g/mol. The number of hydrogen-bond donors (Lipinski definition) is 0. The first-order valence-corrected chi connectivity index (χ1v) is 35.0. The Morgan fingerprint density at radius 2 is 0.515 bits per heavy atom. The summed E-state index contributed by atoms with van der Waals surface area (Å²) in [5, 5.41) is 0. The fourth-order valence-electron chi connectivity index (χ4n) is 18.1. The molecule has 4 aliphatic carbocycles. The molecule has 4 aliphatic rings. The third-order valence-electron chi connectivity index (χ3n) is 22.7. The second-order valence-electron chi connectivity index (χ2n) is 28.2. The maximum atomic E-state index is 16.8. The highest BCUT2D eigenvalue weighted by Gasteiger charge is 2.53. The molecule has 0 amide bonds. The average Bonchev–Trinajstić information content (AvgIpc) is 1.52. The summed E-state index contributed by atoms with van der Waals surface area (Å²) < 4.78 is 33.5. The van der Waals surface area contributed by atoms with Crippen molar-refractivity contribution in [2.24, 2.45) is 0 Å². The average molecular weight is 1300 g/mol. The van der Waals surface area contributed by atoms with Crippen molar-refractivity contribution in [1.82, 2.24) is 0 Å². The fraction of sp³-hybridized carbons (Fsp3) is 0.0928. The lowest BCUT2D eigenvalue weighted by molar-refractivity contribution is 0.618. The first kappa shape index (κ1) is 61.4. The molecule has 0 radical (unpaired) electrons. The van der Waals surface area contributed by atoms with Crippen molar-refractivity contribution in [2.75, 3.05) is 9.80 Å². The molecule has 18 rings (SSSR count). The minimum absolute atomic E-state index is 0.284. The summed E-state index contributed by atoms with van der Waals surface area (Å²) in [6, 6.07) is 106. The van der Waals surface area contributed by atoms with E-state index in [0.717, 1.165) is 101 Å². The summed E-state index contributed by atoms with van der Waals surface area (Å²) in [5.41, 5.74) is 33.8. The van der Waals surface area contributed by atoms with Gasteiger partial charge in [-0.05, 0) is 259 Å². The lowest BCUT2D eigenvalue weighted by atomic mass is 9.66. The highest BCUT2D eigenvalue weighted by molar-refractivity contribution is 5.99. The minimum Gasteiger partial charge on any atom is -0.310 e. The van der Waals surface area contributed by atoms with Gasteiger partial charge in [-0.15, -0.1) is 0 Å². The molecule has 14 aromatic rings. The van der Waals surface area contributed by atoms with Gasteiger partial charge in [-0.3, -0.25) is 0 Å². The maximum Gasteiger partial charge on any atom is 0.128 e. The van der Waals surface area contributed by atoms with Crippen LogP contribution in [-0.2, 0) is 16.2 Å². The number of fused-ring (bicyclic) bond motifs is 16. The molecule has 0 N–H and O–H groups in total. The van der Waals surface area contributed by atoms with Gasteiger partial charge in [-0.25, -0.2) is 8.78 Å². The Morgan fingerprint density at radius 3 is 0.832 bits per heavy atom. The largest absolute Gasteiger partial charge is 0.310 e. The standard InChI is InChI=1S/C97H72F2N2/c1-9-65-33-37-67(38-34-65)95(87-51-59(3)27-29-61(87)5)83-23-15-11-19-75(83)79-47-43-69(53-89(79)95)100(73-41-31-63(7)93(98)57-73)71-45-49-81-77-21-13-17-25-85(77)97(91(81)55-71)86-26-18-14-22-78(86)82-50-46-72(56-92(82)97)101(74-42-32-64(8)94(99)58-74)70-44-48-80-76-20-12-16-24-84(76)96(90(80)54-70,68-39-35-66(10-2)36-40-68)88-52-60(4)28-30-62(88)6/h9-58H,1-2H2,3-8H3. The molecular formula is C97H72F2N2. The zero-order valence-electron chi connectivity index (χ0n) is 57.4. The molecule has 2 nitrogen and oxygen atoms in total. The molecule has 101 heavy (non-hydrogen) atoms. The number of rotatable bonds is 12. The van der Waals surface area contributed by atoms with E-state index in [9.17, 15) is 0 Å². The van der Waals surface area contributed by atoms with Gasteiger partial charge in [0.15, 0.2) is 0 Å². The Morgan fingerprint density at radius 1 is 0.248 bits per heavy atom. The molecule has 0 heterocycles. The van der Waals surface area contributed by atoms with Crippen LogP contribution in [0.25, 0.3) is 56.7 Å². The second kappa shape index (κ2) is 23.1. The van der Waals surface area contributed by atoms with E-state index in [1.165, 1.54) is 66.8 Å². The van der Waals surface area contributed by atoms with Crippen LogP contribution in [0.3, 0.4) is 0 Å². The summed E-state index contributed by atoms with van der Waals surface area (Å²) >= 11 is 0. The molecule has 2 unspecified atom stereocenters. The zero-order chi connectivity index (χ0) is 68.8. The number of benzene rings is 14. The van der Waals surface area contributed by atoms with Gasteiger partial charge in [0.2, 0.25) is 0 Å². The molecule has 4 heteroatoms. The highest BCUT2D eigenvalue weighted by Crippen LogP contribution is 2.66. The number of hydrogen-bond acceptors (Lipinski definition) is 2. The Bertz CT molecular complexity index is 5470. The lowest BCUT2D eigenvalue weighted by Crippen LogP contribution is -2.30. The van der Waals surface area contributed by atoms with Gasteiger partial charge in [-0.1, -0.05) is 255 Å². The summed E-state index contributed by atoms with van der Waals surface area (Å²) in [6.07, 6.45) is 3.81. The van der Waals surface area contributed by atoms with E-state index in [4.69, 9.17) is 0 Å². The SMILES string of the molecule is C=Cc1ccc(C2(c3cc(C)ccc3C)c3ccccc3-c3ccc(N(c4ccc(C)c(F)c4)c4ccc5c(c4)C4(c6ccccc6-5)c5ccccc5-c5ccc(N(c6ccc(C)c(F)c6)c6ccc7c(c6)C(c6ccc(C=C)cc6)(c6cc(C)ccc6C)c6ccccc6-7)cc54)cc32)cc1. The highest BCUT2D eigenvalue weighted by atomic mass is 19.1. The van der Waals surface area contributed by atoms with Crippen LogP contribution in [0.2, 0.25) is 0 Å². The first-order valence-electron chi connectivity index (χ1n) is 35.0. The summed E-state index contributed by atoms with van der Waals surface area (Å²) in [5.74, 6) is -0.568. The lowest BCUT2D eigenvalue weighted by Gasteiger charge is -2.36. The number of aryl methyl sites for hydroxylation is 6. The molecule has 0 bridgehead atoms. The Kier molecular flexibility index (Phi) is 14.0. The zero-order valence-corrected chi connectivity index (χ0v) is 57.4. The van der Waals surface area contributed by atoms with E-state index >= 15 is 8.78 Å². The first-order chi connectivity index (χ1) is 49.2.